The van der Waals surface area contributed by atoms with Gasteiger partial charge in [-0.05, 0) is 46.6 Å². The second-order valence-electron chi connectivity index (χ2n) is 8.26. The molecule has 3 aromatic rings. The molecule has 9 heteroatoms. The number of carbonyl (C=O) groups is 1. The molecule has 1 amide bonds. The van der Waals surface area contributed by atoms with Crippen molar-refractivity contribution in [2.75, 3.05) is 38.1 Å². The largest absolute Gasteiger partial charge is 0.354 e. The predicted octanol–water partition coefficient (Wildman–Crippen LogP) is 2.93. The second kappa shape index (κ2) is 8.41. The normalized spacial score (nSPS) is 16.7. The number of halogens is 2. The van der Waals surface area contributed by atoms with E-state index in [1.165, 1.54) is 5.56 Å². The molecule has 0 unspecified atom stereocenters. The van der Waals surface area contributed by atoms with Crippen LogP contribution in [0.15, 0.2) is 34.9 Å². The van der Waals surface area contributed by atoms with Gasteiger partial charge in [-0.2, -0.15) is 9.61 Å². The molecule has 1 fully saturated rings. The summed E-state index contributed by atoms with van der Waals surface area (Å²) in [5, 5.41) is 8.73. The van der Waals surface area contributed by atoms with E-state index < -0.39 is 0 Å². The molecule has 4 heterocycles. The summed E-state index contributed by atoms with van der Waals surface area (Å²) in [6.07, 6.45) is 3.61. The van der Waals surface area contributed by atoms with E-state index in [-0.39, 0.29) is 11.8 Å². The fourth-order valence-electron chi connectivity index (χ4n) is 4.42. The van der Waals surface area contributed by atoms with Crippen LogP contribution in [0.1, 0.15) is 16.8 Å². The van der Waals surface area contributed by atoms with E-state index in [1.54, 1.807) is 6.20 Å². The maximum absolute atomic E-state index is 13.0. The summed E-state index contributed by atoms with van der Waals surface area (Å²) in [7, 11) is 1.87. The number of fused-ring (bicyclic) bond motifs is 2. The lowest BCUT2D eigenvalue weighted by molar-refractivity contribution is -0.135. The third kappa shape index (κ3) is 3.92. The molecule has 5 rings (SSSR count). The van der Waals surface area contributed by atoms with Gasteiger partial charge in [0.2, 0.25) is 5.91 Å². The van der Waals surface area contributed by atoms with E-state index in [9.17, 15) is 4.79 Å². The molecule has 31 heavy (non-hydrogen) atoms. The zero-order chi connectivity index (χ0) is 21.5. The zero-order valence-corrected chi connectivity index (χ0v) is 19.7. The summed E-state index contributed by atoms with van der Waals surface area (Å²) in [6.45, 7) is 3.83. The summed E-state index contributed by atoms with van der Waals surface area (Å²) in [5.41, 5.74) is 4.29. The summed E-state index contributed by atoms with van der Waals surface area (Å²) >= 11 is 9.54. The van der Waals surface area contributed by atoms with Crippen molar-refractivity contribution in [2.45, 2.75) is 19.4 Å². The topological polar surface area (TPSA) is 65.8 Å². The SMILES string of the molecule is CN(Cc1ccc(Cl)cc1)C(=O)C1CN(c2c3c(nc4c(Br)cnn24)CCNCC3)C1. The van der Waals surface area contributed by atoms with Crippen molar-refractivity contribution in [1.29, 1.82) is 0 Å². The molecule has 0 aliphatic carbocycles. The molecule has 1 aromatic carbocycles. The van der Waals surface area contributed by atoms with Crippen LogP contribution in [0.5, 0.6) is 0 Å². The Morgan fingerprint density at radius 3 is 2.77 bits per heavy atom. The maximum Gasteiger partial charge on any atom is 0.229 e. The van der Waals surface area contributed by atoms with Gasteiger partial charge in [-0.25, -0.2) is 4.98 Å². The van der Waals surface area contributed by atoms with Gasteiger partial charge < -0.3 is 15.1 Å². The van der Waals surface area contributed by atoms with Gasteiger partial charge in [-0.1, -0.05) is 23.7 Å². The lowest BCUT2D eigenvalue weighted by Crippen LogP contribution is -2.54. The fourth-order valence-corrected chi connectivity index (χ4v) is 4.90. The van der Waals surface area contributed by atoms with Gasteiger partial charge >= 0.3 is 0 Å². The maximum atomic E-state index is 13.0. The minimum absolute atomic E-state index is 0.0147. The Kier molecular flexibility index (Phi) is 5.62. The van der Waals surface area contributed by atoms with Crippen LogP contribution in [0.2, 0.25) is 5.02 Å². The van der Waals surface area contributed by atoms with Gasteiger partial charge in [-0.3, -0.25) is 4.79 Å². The smallest absolute Gasteiger partial charge is 0.229 e. The molecule has 0 atom stereocenters. The molecule has 0 bridgehead atoms. The third-order valence-corrected chi connectivity index (χ3v) is 6.90. The number of nitrogens with zero attached hydrogens (tertiary/aromatic N) is 5. The van der Waals surface area contributed by atoms with E-state index in [0.29, 0.717) is 24.7 Å². The van der Waals surface area contributed by atoms with Crippen molar-refractivity contribution in [2.24, 2.45) is 5.92 Å². The van der Waals surface area contributed by atoms with Gasteiger partial charge in [0, 0.05) is 50.2 Å². The predicted molar refractivity (Wildman–Crippen MR) is 125 cm³/mol. The minimum atomic E-state index is -0.0147. The van der Waals surface area contributed by atoms with E-state index >= 15 is 0 Å². The number of rotatable bonds is 4. The lowest BCUT2D eigenvalue weighted by Gasteiger charge is -2.42. The molecular weight excluding hydrogens is 480 g/mol. The van der Waals surface area contributed by atoms with Crippen molar-refractivity contribution in [1.82, 2.24) is 24.8 Å². The second-order valence-corrected chi connectivity index (χ2v) is 9.55. The molecule has 0 radical (unpaired) electrons. The number of carbonyl (C=O) groups excluding carboxylic acids is 1. The van der Waals surface area contributed by atoms with Crippen molar-refractivity contribution >= 4 is 44.9 Å². The zero-order valence-electron chi connectivity index (χ0n) is 17.3. The number of amides is 1. The minimum Gasteiger partial charge on any atom is -0.354 e. The Morgan fingerprint density at radius 2 is 2.00 bits per heavy atom. The highest BCUT2D eigenvalue weighted by Crippen LogP contribution is 2.33. The molecule has 162 valence electrons. The first-order valence-corrected chi connectivity index (χ1v) is 11.7. The summed E-state index contributed by atoms with van der Waals surface area (Å²) in [5.74, 6) is 1.24. The standard InChI is InChI=1S/C22H24BrClN6O/c1-28(11-14-2-4-16(24)5-3-14)22(31)15-12-29(13-15)21-17-6-8-25-9-7-19(17)27-20-18(23)10-26-30(20)21/h2-5,10,15,25H,6-9,11-13H2,1H3. The Labute approximate surface area is 194 Å². The van der Waals surface area contributed by atoms with Crippen LogP contribution in [0, 0.1) is 5.92 Å². The molecule has 2 aromatic heterocycles. The molecule has 7 nitrogen and oxygen atoms in total. The first-order valence-electron chi connectivity index (χ1n) is 10.5. The van der Waals surface area contributed by atoms with Crippen LogP contribution in [-0.2, 0) is 24.2 Å². The van der Waals surface area contributed by atoms with Gasteiger partial charge in [0.15, 0.2) is 5.65 Å². The van der Waals surface area contributed by atoms with Crippen LogP contribution in [-0.4, -0.2) is 58.6 Å². The van der Waals surface area contributed by atoms with Crippen LogP contribution < -0.4 is 10.2 Å². The quantitative estimate of drug-likeness (QED) is 0.593. The van der Waals surface area contributed by atoms with E-state index in [2.05, 4.69) is 31.2 Å². The van der Waals surface area contributed by atoms with E-state index in [4.69, 9.17) is 16.6 Å². The molecule has 2 aliphatic heterocycles. The number of aromatic nitrogens is 3. The van der Waals surface area contributed by atoms with Crippen LogP contribution in [0.25, 0.3) is 5.65 Å². The monoisotopic (exact) mass is 502 g/mol. The number of hydrogen-bond donors (Lipinski definition) is 1. The number of nitrogens with one attached hydrogen (secondary N) is 1. The third-order valence-electron chi connectivity index (χ3n) is 6.09. The Balaban J connectivity index is 1.35. The summed E-state index contributed by atoms with van der Waals surface area (Å²) in [6, 6.07) is 7.65. The molecule has 2 aliphatic rings. The molecular formula is C22H24BrClN6O. The van der Waals surface area contributed by atoms with Gasteiger partial charge in [0.1, 0.15) is 5.82 Å². The average molecular weight is 504 g/mol. The number of benzene rings is 1. The lowest BCUT2D eigenvalue weighted by atomic mass is 9.96. The van der Waals surface area contributed by atoms with Crippen LogP contribution in [0.3, 0.4) is 0 Å². The average Bonchev–Trinajstić information content (AvgIpc) is 2.94. The molecule has 0 spiro atoms. The van der Waals surface area contributed by atoms with Crippen molar-refractivity contribution in [3.05, 3.63) is 56.8 Å². The van der Waals surface area contributed by atoms with Crippen LogP contribution >= 0.6 is 27.5 Å². The Hall–Kier alpha value is -2.16. The molecule has 1 N–H and O–H groups in total. The van der Waals surface area contributed by atoms with E-state index in [1.807, 2.05) is 40.7 Å². The highest BCUT2D eigenvalue weighted by atomic mass is 79.9. The van der Waals surface area contributed by atoms with Gasteiger partial charge in [0.25, 0.3) is 0 Å². The van der Waals surface area contributed by atoms with E-state index in [0.717, 1.165) is 53.1 Å². The molecule has 0 saturated carbocycles. The molecule has 1 saturated heterocycles. The Morgan fingerprint density at radius 1 is 1.26 bits per heavy atom. The Bertz CT molecular complexity index is 1130. The number of hydrogen-bond acceptors (Lipinski definition) is 5. The van der Waals surface area contributed by atoms with Crippen molar-refractivity contribution in [3.63, 3.8) is 0 Å². The van der Waals surface area contributed by atoms with Crippen LogP contribution in [0.4, 0.5) is 5.82 Å². The van der Waals surface area contributed by atoms with Gasteiger partial charge in [-0.15, -0.1) is 0 Å². The fraction of sp³-hybridized carbons (Fsp3) is 0.409. The van der Waals surface area contributed by atoms with Crippen molar-refractivity contribution in [3.8, 4) is 0 Å². The highest BCUT2D eigenvalue weighted by molar-refractivity contribution is 9.10. The summed E-state index contributed by atoms with van der Waals surface area (Å²) < 4.78 is 2.82. The van der Waals surface area contributed by atoms with Gasteiger partial charge in [0.05, 0.1) is 22.3 Å². The highest BCUT2D eigenvalue weighted by Gasteiger charge is 2.37. The first-order chi connectivity index (χ1) is 15.0. The van der Waals surface area contributed by atoms with Crippen molar-refractivity contribution < 1.29 is 4.79 Å². The summed E-state index contributed by atoms with van der Waals surface area (Å²) in [4.78, 5) is 22.0. The number of anilines is 1. The first kappa shape index (κ1) is 20.7.